The summed E-state index contributed by atoms with van der Waals surface area (Å²) in [6.07, 6.45) is 0. The molecule has 1 aliphatic rings. The number of carbonyl (C=O) groups is 2. The van der Waals surface area contributed by atoms with E-state index in [0.29, 0.717) is 34.0 Å². The molecule has 0 fully saturated rings. The molecular formula is C23H26N2O7S. The maximum absolute atomic E-state index is 13.4. The largest absolute Gasteiger partial charge is 0.493 e. The zero-order chi connectivity index (χ0) is 24.3. The molecular weight excluding hydrogens is 448 g/mol. The minimum atomic E-state index is -4.14. The first kappa shape index (κ1) is 24.1. The third-order valence-corrected chi connectivity index (χ3v) is 7.25. The van der Waals surface area contributed by atoms with Crippen molar-refractivity contribution in [3.8, 4) is 11.5 Å². The van der Waals surface area contributed by atoms with Crippen molar-refractivity contribution in [1.29, 1.82) is 0 Å². The summed E-state index contributed by atoms with van der Waals surface area (Å²) in [6.45, 7) is 5.32. The van der Waals surface area contributed by atoms with Gasteiger partial charge >= 0.3 is 5.97 Å². The van der Waals surface area contributed by atoms with E-state index in [1.165, 1.54) is 38.5 Å². The second kappa shape index (κ2) is 9.53. The summed E-state index contributed by atoms with van der Waals surface area (Å²) in [6, 6.07) is 9.25. The number of nitrogens with one attached hydrogen (secondary N) is 1. The summed E-state index contributed by atoms with van der Waals surface area (Å²) in [5, 5.41) is 2.61. The smallest absolute Gasteiger partial charge is 0.338 e. The molecule has 0 saturated heterocycles. The van der Waals surface area contributed by atoms with Gasteiger partial charge in [0.25, 0.3) is 15.9 Å². The number of hydrogen-bond donors (Lipinski definition) is 1. The van der Waals surface area contributed by atoms with Crippen LogP contribution in [-0.2, 0) is 19.6 Å². The number of benzene rings is 2. The van der Waals surface area contributed by atoms with Gasteiger partial charge in [0.15, 0.2) is 16.4 Å². The van der Waals surface area contributed by atoms with Gasteiger partial charge in [-0.25, -0.2) is 13.2 Å². The van der Waals surface area contributed by atoms with Crippen LogP contribution < -0.4 is 19.1 Å². The summed E-state index contributed by atoms with van der Waals surface area (Å²) in [5.41, 5.74) is 1.90. The van der Waals surface area contributed by atoms with E-state index in [1.807, 2.05) is 0 Å². The van der Waals surface area contributed by atoms with Crippen molar-refractivity contribution in [1.82, 2.24) is 0 Å². The topological polar surface area (TPSA) is 111 Å². The van der Waals surface area contributed by atoms with Crippen LogP contribution in [0.15, 0.2) is 41.3 Å². The highest BCUT2D eigenvalue weighted by Crippen LogP contribution is 2.44. The lowest BCUT2D eigenvalue weighted by Crippen LogP contribution is -2.39. The molecule has 1 amide bonds. The molecule has 0 aromatic heterocycles. The van der Waals surface area contributed by atoms with Crippen molar-refractivity contribution in [2.45, 2.75) is 20.8 Å². The number of fused-ring (bicyclic) bond motifs is 1. The van der Waals surface area contributed by atoms with Crippen molar-refractivity contribution < 1.29 is 32.2 Å². The fourth-order valence-corrected chi connectivity index (χ4v) is 5.40. The highest BCUT2D eigenvalue weighted by molar-refractivity contribution is 7.97. The molecule has 0 spiro atoms. The van der Waals surface area contributed by atoms with E-state index in [2.05, 4.69) is 5.32 Å². The van der Waals surface area contributed by atoms with Gasteiger partial charge in [0.1, 0.15) is 0 Å². The molecule has 1 aliphatic heterocycles. The van der Waals surface area contributed by atoms with Crippen LogP contribution in [0.1, 0.15) is 36.7 Å². The van der Waals surface area contributed by atoms with Crippen LogP contribution >= 0.6 is 0 Å². The Labute approximate surface area is 193 Å². The van der Waals surface area contributed by atoms with Crippen molar-refractivity contribution >= 4 is 38.8 Å². The Hall–Kier alpha value is -3.53. The van der Waals surface area contributed by atoms with Gasteiger partial charge in [0.2, 0.25) is 0 Å². The molecule has 0 aliphatic carbocycles. The number of carbonyl (C=O) groups excluding carboxylic acids is 2. The molecule has 0 radical (unpaired) electrons. The van der Waals surface area contributed by atoms with Crippen LogP contribution in [0.5, 0.6) is 11.5 Å². The molecule has 0 bridgehead atoms. The lowest BCUT2D eigenvalue weighted by Gasteiger charge is -2.32. The highest BCUT2D eigenvalue weighted by Gasteiger charge is 2.39. The van der Waals surface area contributed by atoms with Crippen molar-refractivity contribution in [3.63, 3.8) is 0 Å². The van der Waals surface area contributed by atoms with E-state index in [4.69, 9.17) is 14.2 Å². The molecule has 1 heterocycles. The maximum Gasteiger partial charge on any atom is 0.338 e. The highest BCUT2D eigenvalue weighted by atomic mass is 32.2. The quantitative estimate of drug-likeness (QED) is 0.612. The predicted octanol–water partition coefficient (Wildman–Crippen LogP) is 3.42. The number of hydrogen-bond acceptors (Lipinski definition) is 7. The second-order valence-corrected chi connectivity index (χ2v) is 8.90. The molecule has 0 atom stereocenters. The number of esters is 1. The fraction of sp³-hybridized carbons (Fsp3) is 0.304. The van der Waals surface area contributed by atoms with Gasteiger partial charge in [-0.3, -0.25) is 9.10 Å². The van der Waals surface area contributed by atoms with E-state index in [-0.39, 0.29) is 23.6 Å². The summed E-state index contributed by atoms with van der Waals surface area (Å²) < 4.78 is 43.6. The molecule has 176 valence electrons. The Morgan fingerprint density at radius 1 is 1.00 bits per heavy atom. The van der Waals surface area contributed by atoms with Gasteiger partial charge in [-0.15, -0.1) is 0 Å². The Kier molecular flexibility index (Phi) is 6.97. The Morgan fingerprint density at radius 2 is 1.61 bits per heavy atom. The van der Waals surface area contributed by atoms with Crippen molar-refractivity contribution in [3.05, 3.63) is 52.4 Å². The number of sulfonamides is 1. The molecule has 9 nitrogen and oxygen atoms in total. The normalized spacial score (nSPS) is 14.4. The van der Waals surface area contributed by atoms with Crippen LogP contribution in [0.25, 0.3) is 5.57 Å². The fourth-order valence-electron chi connectivity index (χ4n) is 3.65. The lowest BCUT2D eigenvalue weighted by atomic mass is 10.0. The van der Waals surface area contributed by atoms with Crippen LogP contribution in [0.3, 0.4) is 0 Å². The molecule has 1 N–H and O–H groups in total. The molecule has 10 heteroatoms. The van der Waals surface area contributed by atoms with Gasteiger partial charge in [-0.2, -0.15) is 0 Å². The van der Waals surface area contributed by atoms with Gasteiger partial charge < -0.3 is 19.5 Å². The third-order valence-electron chi connectivity index (χ3n) is 5.21. The number of anilines is 2. The number of rotatable bonds is 7. The van der Waals surface area contributed by atoms with Crippen LogP contribution in [0.4, 0.5) is 11.4 Å². The van der Waals surface area contributed by atoms with E-state index in [0.717, 1.165) is 4.31 Å². The molecule has 2 aromatic carbocycles. The van der Waals surface area contributed by atoms with Crippen LogP contribution in [0.2, 0.25) is 0 Å². The SMILES string of the molecule is CCOC(=O)c1ccc(NC(=O)C2=C(C)c3cc(OC)c(OC)cc3N(CC)S2(=O)=O)cc1. The minimum Gasteiger partial charge on any atom is -0.493 e. The van der Waals surface area contributed by atoms with E-state index >= 15 is 0 Å². The molecule has 2 aromatic rings. The number of methoxy groups -OCH3 is 2. The summed E-state index contributed by atoms with van der Waals surface area (Å²) in [5.74, 6) is -0.466. The van der Waals surface area contributed by atoms with Gasteiger partial charge in [0.05, 0.1) is 32.1 Å². The van der Waals surface area contributed by atoms with Crippen molar-refractivity contribution in [2.75, 3.05) is 37.0 Å². The first-order chi connectivity index (χ1) is 15.7. The predicted molar refractivity (Wildman–Crippen MR) is 125 cm³/mol. The third kappa shape index (κ3) is 4.38. The average Bonchev–Trinajstić information content (AvgIpc) is 2.78. The molecule has 33 heavy (non-hydrogen) atoms. The zero-order valence-electron chi connectivity index (χ0n) is 19.1. The van der Waals surface area contributed by atoms with E-state index in [9.17, 15) is 18.0 Å². The Bertz CT molecular complexity index is 1220. The van der Waals surface area contributed by atoms with Gasteiger partial charge in [-0.1, -0.05) is 0 Å². The van der Waals surface area contributed by atoms with Crippen LogP contribution in [-0.4, -0.2) is 47.7 Å². The van der Waals surface area contributed by atoms with Gasteiger partial charge in [0, 0.05) is 23.9 Å². The summed E-state index contributed by atoms with van der Waals surface area (Å²) in [4.78, 5) is 24.6. The summed E-state index contributed by atoms with van der Waals surface area (Å²) in [7, 11) is -1.19. The van der Waals surface area contributed by atoms with Gasteiger partial charge in [-0.05, 0) is 56.7 Å². The molecule has 3 rings (SSSR count). The molecule has 0 saturated carbocycles. The van der Waals surface area contributed by atoms with Crippen LogP contribution in [0, 0.1) is 0 Å². The number of amides is 1. The van der Waals surface area contributed by atoms with Crippen molar-refractivity contribution in [2.24, 2.45) is 0 Å². The minimum absolute atomic E-state index is 0.114. The lowest BCUT2D eigenvalue weighted by molar-refractivity contribution is -0.112. The number of allylic oxidation sites excluding steroid dienone is 1. The summed E-state index contributed by atoms with van der Waals surface area (Å²) >= 11 is 0. The first-order valence-corrected chi connectivity index (χ1v) is 11.7. The van der Waals surface area contributed by atoms with E-state index < -0.39 is 21.9 Å². The Morgan fingerprint density at radius 3 is 2.15 bits per heavy atom. The zero-order valence-corrected chi connectivity index (χ0v) is 19.9. The first-order valence-electron chi connectivity index (χ1n) is 10.3. The second-order valence-electron chi connectivity index (χ2n) is 7.10. The van der Waals surface area contributed by atoms with E-state index in [1.54, 1.807) is 32.9 Å². The monoisotopic (exact) mass is 474 g/mol. The Balaban J connectivity index is 2.04. The molecule has 0 unspecified atom stereocenters. The standard InChI is InChI=1S/C23H26N2O7S/c1-6-25-18-13-20(31-5)19(30-4)12-17(18)14(3)21(33(25,28)29)22(26)24-16-10-8-15(9-11-16)23(27)32-7-2/h8-13H,6-7H2,1-5H3,(H,24,26). The number of ether oxygens (including phenoxy) is 3. The average molecular weight is 475 g/mol. The maximum atomic E-state index is 13.4. The number of nitrogens with zero attached hydrogens (tertiary/aromatic N) is 1.